The quantitative estimate of drug-likeness (QED) is 0.384. The van der Waals surface area contributed by atoms with Crippen molar-refractivity contribution in [3.63, 3.8) is 0 Å². The molecule has 3 aromatic rings. The summed E-state index contributed by atoms with van der Waals surface area (Å²) in [6, 6.07) is 11.2. The third-order valence-electron chi connectivity index (χ3n) is 7.77. The van der Waals surface area contributed by atoms with Gasteiger partial charge in [-0.1, -0.05) is 24.8 Å². The van der Waals surface area contributed by atoms with E-state index in [1.165, 1.54) is 12.1 Å². The molecule has 2 saturated heterocycles. The molecule has 0 spiro atoms. The number of nitrogens with zero attached hydrogens (tertiary/aromatic N) is 2. The van der Waals surface area contributed by atoms with Crippen LogP contribution in [-0.4, -0.2) is 53.4 Å². The normalized spacial score (nSPS) is 22.8. The van der Waals surface area contributed by atoms with E-state index in [0.29, 0.717) is 18.4 Å². The summed E-state index contributed by atoms with van der Waals surface area (Å²) < 4.78 is 27.6. The van der Waals surface area contributed by atoms with Crippen LogP contribution in [0.2, 0.25) is 0 Å². The summed E-state index contributed by atoms with van der Waals surface area (Å²) in [6.07, 6.45) is 8.54. The van der Waals surface area contributed by atoms with Gasteiger partial charge >= 0.3 is 5.69 Å². The second kappa shape index (κ2) is 10.1. The minimum Gasteiger partial charge on any atom is -0.488 e. The molecule has 0 radical (unpaired) electrons. The number of morpholine rings is 1. The van der Waals surface area contributed by atoms with Crippen molar-refractivity contribution < 1.29 is 13.9 Å². The molecule has 2 unspecified atom stereocenters. The van der Waals surface area contributed by atoms with Crippen molar-refractivity contribution in [2.75, 3.05) is 32.9 Å². The lowest BCUT2D eigenvalue weighted by molar-refractivity contribution is 0.0128. The van der Waals surface area contributed by atoms with E-state index in [2.05, 4.69) is 28.3 Å². The van der Waals surface area contributed by atoms with E-state index in [-0.39, 0.29) is 17.5 Å². The number of ether oxygens (including phenoxy) is 2. The molecule has 1 aromatic heterocycles. The molecule has 4 heterocycles. The fourth-order valence-electron chi connectivity index (χ4n) is 5.83. The van der Waals surface area contributed by atoms with Gasteiger partial charge < -0.3 is 14.5 Å². The number of hydrogen-bond acceptors (Lipinski definition) is 4. The Balaban J connectivity index is 1.41. The van der Waals surface area contributed by atoms with Crippen LogP contribution in [0.1, 0.15) is 30.5 Å². The van der Waals surface area contributed by atoms with Crippen molar-refractivity contribution in [2.45, 2.75) is 25.4 Å². The summed E-state index contributed by atoms with van der Waals surface area (Å²) in [5.74, 6) is 0.157. The molecule has 7 heteroatoms. The van der Waals surface area contributed by atoms with E-state index in [9.17, 15) is 9.18 Å². The average Bonchev–Trinajstić information content (AvgIpc) is 3.45. The zero-order valence-corrected chi connectivity index (χ0v) is 21.4. The summed E-state index contributed by atoms with van der Waals surface area (Å²) in [5.41, 5.74) is 9.06. The van der Waals surface area contributed by atoms with E-state index >= 15 is 0 Å². The maximum atomic E-state index is 14.1. The second-order valence-electron chi connectivity index (χ2n) is 10.1. The number of rotatable bonds is 4. The largest absolute Gasteiger partial charge is 0.488 e. The van der Waals surface area contributed by atoms with Crippen molar-refractivity contribution in [3.8, 4) is 5.75 Å². The summed E-state index contributed by atoms with van der Waals surface area (Å²) in [4.78, 5) is 18.6. The summed E-state index contributed by atoms with van der Waals surface area (Å²) in [6.45, 7) is 9.23. The third-order valence-corrected chi connectivity index (χ3v) is 7.77. The van der Waals surface area contributed by atoms with Gasteiger partial charge in [0.25, 0.3) is 0 Å². The molecule has 0 bridgehead atoms. The minimum absolute atomic E-state index is 0.0852. The highest BCUT2D eigenvalue weighted by Gasteiger charge is 2.36. The van der Waals surface area contributed by atoms with Crippen molar-refractivity contribution in [1.82, 2.24) is 14.5 Å². The predicted octanol–water partition coefficient (Wildman–Crippen LogP) is 5.26. The molecule has 0 amide bonds. The zero-order valence-electron chi connectivity index (χ0n) is 21.4. The van der Waals surface area contributed by atoms with Gasteiger partial charge in [-0.05, 0) is 72.0 Å². The predicted molar refractivity (Wildman–Crippen MR) is 148 cm³/mol. The molecule has 1 N–H and O–H groups in total. The van der Waals surface area contributed by atoms with Crippen LogP contribution < -0.4 is 10.4 Å². The van der Waals surface area contributed by atoms with Crippen molar-refractivity contribution in [2.24, 2.45) is 0 Å². The molecule has 0 saturated carbocycles. The first-order chi connectivity index (χ1) is 18.5. The number of halogens is 1. The molecule has 6 nitrogen and oxygen atoms in total. The van der Waals surface area contributed by atoms with Gasteiger partial charge in [0.15, 0.2) is 0 Å². The van der Waals surface area contributed by atoms with Gasteiger partial charge in [0.05, 0.1) is 30.3 Å². The van der Waals surface area contributed by atoms with Gasteiger partial charge in [0.1, 0.15) is 18.2 Å². The van der Waals surface area contributed by atoms with E-state index in [1.54, 1.807) is 12.1 Å². The van der Waals surface area contributed by atoms with Gasteiger partial charge in [-0.25, -0.2) is 9.18 Å². The van der Waals surface area contributed by atoms with Gasteiger partial charge in [0.2, 0.25) is 0 Å². The molecule has 2 atom stereocenters. The topological polar surface area (TPSA) is 59.5 Å². The van der Waals surface area contributed by atoms with Gasteiger partial charge in [-0.15, -0.1) is 5.73 Å². The molecule has 6 rings (SSSR count). The number of aromatic amines is 1. The highest BCUT2D eigenvalue weighted by molar-refractivity contribution is 5.95. The first-order valence-corrected chi connectivity index (χ1v) is 12.9. The maximum absolute atomic E-state index is 14.1. The lowest BCUT2D eigenvalue weighted by Crippen LogP contribution is -2.40. The molecule has 2 fully saturated rings. The molecule has 194 valence electrons. The van der Waals surface area contributed by atoms with E-state index < -0.39 is 0 Å². The lowest BCUT2D eigenvalue weighted by Gasteiger charge is -2.28. The van der Waals surface area contributed by atoms with Crippen LogP contribution in [0.25, 0.3) is 22.7 Å². The molecule has 38 heavy (non-hydrogen) atoms. The van der Waals surface area contributed by atoms with Gasteiger partial charge in [0, 0.05) is 30.8 Å². The number of H-pyrrole nitrogens is 1. The van der Waals surface area contributed by atoms with E-state index in [4.69, 9.17) is 9.47 Å². The van der Waals surface area contributed by atoms with Gasteiger partial charge in [-0.2, -0.15) is 0 Å². The fourth-order valence-corrected chi connectivity index (χ4v) is 5.83. The Morgan fingerprint density at radius 3 is 2.95 bits per heavy atom. The number of nitrogens with one attached hydrogen (secondary N) is 1. The number of imidazole rings is 1. The van der Waals surface area contributed by atoms with Crippen LogP contribution in [-0.2, 0) is 4.74 Å². The average molecular weight is 512 g/mol. The summed E-state index contributed by atoms with van der Waals surface area (Å²) >= 11 is 0. The number of hydrogen-bond donors (Lipinski definition) is 1. The van der Waals surface area contributed by atoms with Crippen molar-refractivity contribution in [3.05, 3.63) is 106 Å². The molecule has 0 aliphatic carbocycles. The molecular weight excluding hydrogens is 481 g/mol. The SMILES string of the molecule is C=C=CC=CC1=C(C)C(=Cc2ccc3c(c2)[nH]c(=O)n3C2CC3COCCN3C2)c2ccc(F)cc2OC1. The lowest BCUT2D eigenvalue weighted by atomic mass is 9.93. The van der Waals surface area contributed by atoms with Crippen LogP contribution in [0.4, 0.5) is 4.39 Å². The summed E-state index contributed by atoms with van der Waals surface area (Å²) in [7, 11) is 0. The maximum Gasteiger partial charge on any atom is 0.326 e. The molecule has 3 aliphatic rings. The van der Waals surface area contributed by atoms with Gasteiger partial charge in [-0.3, -0.25) is 9.47 Å². The highest BCUT2D eigenvalue weighted by Crippen LogP contribution is 2.38. The Hall–Kier alpha value is -3.90. The highest BCUT2D eigenvalue weighted by atomic mass is 19.1. The number of aromatic nitrogens is 2. The Labute approximate surface area is 220 Å². The molecular formula is C31H30FN3O3. The second-order valence-corrected chi connectivity index (χ2v) is 10.1. The minimum atomic E-state index is -0.343. The Kier molecular flexibility index (Phi) is 6.50. The Morgan fingerprint density at radius 1 is 1.21 bits per heavy atom. The fraction of sp³-hybridized carbons (Fsp3) is 0.290. The van der Waals surface area contributed by atoms with Crippen LogP contribution >= 0.6 is 0 Å². The monoisotopic (exact) mass is 511 g/mol. The van der Waals surface area contributed by atoms with Crippen LogP contribution in [0.3, 0.4) is 0 Å². The first kappa shape index (κ1) is 24.4. The smallest absolute Gasteiger partial charge is 0.326 e. The summed E-state index contributed by atoms with van der Waals surface area (Å²) in [5, 5.41) is 0. The first-order valence-electron chi connectivity index (χ1n) is 12.9. The number of allylic oxidation sites excluding steroid dienone is 4. The standard InChI is InChI=1S/C31H30FN3O3/c1-3-4-5-6-22-18-38-30-15-23(32)8-9-26(30)27(20(22)2)13-21-7-10-29-28(14-21)33-31(36)35(29)24-16-25-19-37-12-11-34(25)17-24/h4-10,13-15,24-25H,1,11-12,16-19H2,2H3,(H,33,36). The molecule has 3 aliphatic heterocycles. The Morgan fingerprint density at radius 2 is 2.11 bits per heavy atom. The third kappa shape index (κ3) is 4.50. The van der Waals surface area contributed by atoms with E-state index in [0.717, 1.165) is 71.6 Å². The zero-order chi connectivity index (χ0) is 26.2. The van der Waals surface area contributed by atoms with Crippen LogP contribution in [0.15, 0.2) is 82.9 Å². The van der Waals surface area contributed by atoms with Crippen LogP contribution in [0, 0.1) is 5.82 Å². The Bertz CT molecular complexity index is 1590. The van der Waals surface area contributed by atoms with Crippen molar-refractivity contribution in [1.29, 1.82) is 0 Å². The van der Waals surface area contributed by atoms with Crippen LogP contribution in [0.5, 0.6) is 5.75 Å². The number of benzene rings is 2. The molecule has 2 aromatic carbocycles. The number of fused-ring (bicyclic) bond motifs is 3. The van der Waals surface area contributed by atoms with Crippen molar-refractivity contribution >= 4 is 22.7 Å². The van der Waals surface area contributed by atoms with E-state index in [1.807, 2.05) is 41.8 Å².